The number of aromatic nitrogens is 1. The molecule has 2 rings (SSSR count). The largest absolute Gasteiger partial charge is 0.353 e. The van der Waals surface area contributed by atoms with Gasteiger partial charge < -0.3 is 9.47 Å². The van der Waals surface area contributed by atoms with Crippen LogP contribution in [0.5, 0.6) is 0 Å². The molecule has 1 aliphatic rings. The van der Waals surface area contributed by atoms with Crippen molar-refractivity contribution in [2.45, 2.75) is 64.3 Å². The van der Waals surface area contributed by atoms with E-state index in [-0.39, 0.29) is 6.29 Å². The topological polar surface area (TPSA) is 31.4 Å². The zero-order chi connectivity index (χ0) is 13.3. The number of unbranched alkanes of at least 4 members (excludes halogenated alkanes) is 1. The molecule has 0 saturated carbocycles. The molecule has 1 aliphatic heterocycles. The molecule has 3 heteroatoms. The molecule has 106 valence electrons. The van der Waals surface area contributed by atoms with Gasteiger partial charge >= 0.3 is 0 Å². The van der Waals surface area contributed by atoms with Crippen LogP contribution < -0.4 is 0 Å². The lowest BCUT2D eigenvalue weighted by Crippen LogP contribution is -2.15. The fourth-order valence-corrected chi connectivity index (χ4v) is 2.48. The van der Waals surface area contributed by atoms with E-state index < -0.39 is 0 Å². The lowest BCUT2D eigenvalue weighted by molar-refractivity contribution is -0.134. The highest BCUT2D eigenvalue weighted by atomic mass is 16.7. The smallest absolute Gasteiger partial charge is 0.158 e. The van der Waals surface area contributed by atoms with Crippen LogP contribution in [0.2, 0.25) is 0 Å². The maximum absolute atomic E-state index is 5.88. The summed E-state index contributed by atoms with van der Waals surface area (Å²) in [5, 5.41) is 0. The molecular weight excluding hydrogens is 238 g/mol. The van der Waals surface area contributed by atoms with Crippen LogP contribution in [0.1, 0.15) is 51.0 Å². The van der Waals surface area contributed by atoms with Crippen LogP contribution in [-0.4, -0.2) is 24.0 Å². The Bertz CT molecular complexity index is 342. The van der Waals surface area contributed by atoms with Crippen molar-refractivity contribution < 1.29 is 9.47 Å². The molecule has 1 aromatic rings. The summed E-state index contributed by atoms with van der Waals surface area (Å²) in [6.45, 7) is 3.00. The third-order valence-electron chi connectivity index (χ3n) is 3.58. The summed E-state index contributed by atoms with van der Waals surface area (Å²) in [6.07, 6.45) is 12.2. The average Bonchev–Trinajstić information content (AvgIpc) is 2.90. The van der Waals surface area contributed by atoms with E-state index >= 15 is 0 Å². The molecule has 2 atom stereocenters. The molecule has 1 aromatic heterocycles. The molecular formula is C16H25NO2. The Hall–Kier alpha value is -0.930. The second-order valence-corrected chi connectivity index (χ2v) is 5.24. The van der Waals surface area contributed by atoms with Crippen molar-refractivity contribution in [3.63, 3.8) is 0 Å². The first-order valence-electron chi connectivity index (χ1n) is 7.54. The molecule has 1 fully saturated rings. The maximum atomic E-state index is 5.88. The van der Waals surface area contributed by atoms with Crippen molar-refractivity contribution in [2.24, 2.45) is 0 Å². The van der Waals surface area contributed by atoms with Crippen molar-refractivity contribution in [3.8, 4) is 0 Å². The predicted molar refractivity (Wildman–Crippen MR) is 75.9 cm³/mol. The van der Waals surface area contributed by atoms with Gasteiger partial charge in [-0.2, -0.15) is 0 Å². The van der Waals surface area contributed by atoms with Crippen LogP contribution in [0.25, 0.3) is 0 Å². The van der Waals surface area contributed by atoms with Crippen LogP contribution in [0.3, 0.4) is 0 Å². The van der Waals surface area contributed by atoms with Gasteiger partial charge in [0.2, 0.25) is 0 Å². The Morgan fingerprint density at radius 2 is 2.32 bits per heavy atom. The summed E-state index contributed by atoms with van der Waals surface area (Å²) in [5.74, 6) is 0. The lowest BCUT2D eigenvalue weighted by Gasteiger charge is -2.14. The van der Waals surface area contributed by atoms with Gasteiger partial charge in [0.05, 0.1) is 12.7 Å². The van der Waals surface area contributed by atoms with Crippen LogP contribution >= 0.6 is 0 Å². The highest BCUT2D eigenvalue weighted by Crippen LogP contribution is 2.24. The third kappa shape index (κ3) is 5.29. The summed E-state index contributed by atoms with van der Waals surface area (Å²) in [4.78, 5) is 4.11. The molecule has 2 heterocycles. The first-order valence-corrected chi connectivity index (χ1v) is 7.54. The number of hydrogen-bond acceptors (Lipinski definition) is 3. The molecule has 3 nitrogen and oxygen atoms in total. The second kappa shape index (κ2) is 8.28. The highest BCUT2D eigenvalue weighted by Gasteiger charge is 2.24. The zero-order valence-corrected chi connectivity index (χ0v) is 11.9. The minimum absolute atomic E-state index is 0.0377. The van der Waals surface area contributed by atoms with Crippen molar-refractivity contribution >= 4 is 0 Å². The van der Waals surface area contributed by atoms with Crippen molar-refractivity contribution in [2.75, 3.05) is 6.61 Å². The van der Waals surface area contributed by atoms with Crippen LogP contribution in [0, 0.1) is 0 Å². The first-order chi connectivity index (χ1) is 9.38. The maximum Gasteiger partial charge on any atom is 0.158 e. The molecule has 19 heavy (non-hydrogen) atoms. The van der Waals surface area contributed by atoms with E-state index in [9.17, 15) is 0 Å². The molecule has 0 bridgehead atoms. The van der Waals surface area contributed by atoms with E-state index in [0.717, 1.165) is 32.3 Å². The van der Waals surface area contributed by atoms with Gasteiger partial charge in [-0.25, -0.2) is 0 Å². The number of ether oxygens (including phenoxy) is 2. The Morgan fingerprint density at radius 1 is 1.37 bits per heavy atom. The fraction of sp³-hybridized carbons (Fsp3) is 0.688. The molecule has 0 spiro atoms. The van der Waals surface area contributed by atoms with Gasteiger partial charge in [-0.05, 0) is 37.3 Å². The van der Waals surface area contributed by atoms with Crippen molar-refractivity contribution in [3.05, 3.63) is 30.1 Å². The molecule has 0 radical (unpaired) electrons. The van der Waals surface area contributed by atoms with Gasteiger partial charge in [-0.15, -0.1) is 0 Å². The Kier molecular flexibility index (Phi) is 6.31. The molecule has 0 aliphatic carbocycles. The molecule has 0 aromatic carbocycles. The van der Waals surface area contributed by atoms with Crippen LogP contribution in [-0.2, 0) is 15.9 Å². The van der Waals surface area contributed by atoms with E-state index in [1.54, 1.807) is 0 Å². The normalized spacial score (nSPS) is 22.8. The number of rotatable bonds is 8. The molecule has 1 saturated heterocycles. The van der Waals surface area contributed by atoms with E-state index in [0.29, 0.717) is 6.10 Å². The zero-order valence-electron chi connectivity index (χ0n) is 11.9. The van der Waals surface area contributed by atoms with Gasteiger partial charge in [0.1, 0.15) is 0 Å². The molecule has 2 unspecified atom stereocenters. The number of pyridine rings is 1. The third-order valence-corrected chi connectivity index (χ3v) is 3.58. The number of hydrogen-bond donors (Lipinski definition) is 0. The lowest BCUT2D eigenvalue weighted by atomic mass is 10.1. The summed E-state index contributed by atoms with van der Waals surface area (Å²) in [7, 11) is 0. The number of nitrogens with zero attached hydrogens (tertiary/aromatic N) is 1. The van der Waals surface area contributed by atoms with E-state index in [2.05, 4.69) is 18.0 Å². The first kappa shape index (κ1) is 14.5. The van der Waals surface area contributed by atoms with Gasteiger partial charge in [0.25, 0.3) is 0 Å². The standard InChI is InChI=1S/C16H25NO2/c1-2-3-8-15-9-10-16(19-15)18-12-5-7-14-6-4-11-17-13-14/h4,6,11,13,15-16H,2-3,5,7-10,12H2,1H3. The van der Waals surface area contributed by atoms with E-state index in [4.69, 9.17) is 9.47 Å². The minimum Gasteiger partial charge on any atom is -0.353 e. The van der Waals surface area contributed by atoms with Gasteiger partial charge in [0.15, 0.2) is 6.29 Å². The van der Waals surface area contributed by atoms with Crippen molar-refractivity contribution in [1.82, 2.24) is 4.98 Å². The predicted octanol–water partition coefficient (Wildman–Crippen LogP) is 3.73. The van der Waals surface area contributed by atoms with Crippen LogP contribution in [0.15, 0.2) is 24.5 Å². The van der Waals surface area contributed by atoms with Gasteiger partial charge in [0, 0.05) is 18.8 Å². The van der Waals surface area contributed by atoms with E-state index in [1.165, 1.54) is 24.8 Å². The summed E-state index contributed by atoms with van der Waals surface area (Å²) >= 11 is 0. The monoisotopic (exact) mass is 263 g/mol. The van der Waals surface area contributed by atoms with Gasteiger partial charge in [-0.1, -0.05) is 25.8 Å². The average molecular weight is 263 g/mol. The number of aryl methyl sites for hydroxylation is 1. The quantitative estimate of drug-likeness (QED) is 0.670. The second-order valence-electron chi connectivity index (χ2n) is 5.24. The van der Waals surface area contributed by atoms with Crippen LogP contribution in [0.4, 0.5) is 0 Å². The van der Waals surface area contributed by atoms with E-state index in [1.807, 2.05) is 18.5 Å². The minimum atomic E-state index is 0.0377. The summed E-state index contributed by atoms with van der Waals surface area (Å²) < 4.78 is 11.7. The molecule has 0 N–H and O–H groups in total. The summed E-state index contributed by atoms with van der Waals surface area (Å²) in [6, 6.07) is 4.09. The Balaban J connectivity index is 1.54. The SMILES string of the molecule is CCCCC1CCC(OCCCc2cccnc2)O1. The summed E-state index contributed by atoms with van der Waals surface area (Å²) in [5.41, 5.74) is 1.28. The van der Waals surface area contributed by atoms with Gasteiger partial charge in [-0.3, -0.25) is 4.98 Å². The van der Waals surface area contributed by atoms with Crippen molar-refractivity contribution in [1.29, 1.82) is 0 Å². The Morgan fingerprint density at radius 3 is 3.11 bits per heavy atom. The Labute approximate surface area is 116 Å². The molecule has 0 amide bonds. The highest BCUT2D eigenvalue weighted by molar-refractivity contribution is 5.08. The fourth-order valence-electron chi connectivity index (χ4n) is 2.48.